The summed E-state index contributed by atoms with van der Waals surface area (Å²) in [5.41, 5.74) is 0.287. The molecule has 1 saturated heterocycles. The molecule has 2 saturated carbocycles. The highest BCUT2D eigenvalue weighted by atomic mass is 32.2. The highest BCUT2D eigenvalue weighted by Gasteiger charge is 2.63. The van der Waals surface area contributed by atoms with Crippen LogP contribution in [0.15, 0.2) is 0 Å². The van der Waals surface area contributed by atoms with Crippen LogP contribution in [-0.4, -0.2) is 15.6 Å². The summed E-state index contributed by atoms with van der Waals surface area (Å²) in [6, 6.07) is 0. The van der Waals surface area contributed by atoms with E-state index in [1.54, 1.807) is 0 Å². The fourth-order valence-electron chi connectivity index (χ4n) is 3.13. The first-order valence-electron chi connectivity index (χ1n) is 4.28. The number of hydrogen-bond acceptors (Lipinski definition) is 2. The number of rotatable bonds is 0. The van der Waals surface area contributed by atoms with Crippen molar-refractivity contribution in [1.82, 2.24) is 0 Å². The molecule has 0 radical (unpaired) electrons. The van der Waals surface area contributed by atoms with Gasteiger partial charge in [-0.25, -0.2) is 4.21 Å². The number of hydrogen-bond donors (Lipinski definition) is 0. The van der Waals surface area contributed by atoms with E-state index < -0.39 is 11.1 Å². The van der Waals surface area contributed by atoms with Gasteiger partial charge in [0, 0.05) is 5.41 Å². The van der Waals surface area contributed by atoms with E-state index in [1.165, 1.54) is 12.8 Å². The van der Waals surface area contributed by atoms with E-state index in [4.69, 9.17) is 4.18 Å². The molecule has 1 heterocycles. The smallest absolute Gasteiger partial charge is 0.159 e. The van der Waals surface area contributed by atoms with Gasteiger partial charge in [0.25, 0.3) is 0 Å². The van der Waals surface area contributed by atoms with Gasteiger partial charge in [0.15, 0.2) is 11.1 Å². The third kappa shape index (κ3) is 0.607. The maximum atomic E-state index is 11.4. The fraction of sp³-hybridized carbons (Fsp3) is 1.00. The molecule has 2 nitrogen and oxygen atoms in total. The van der Waals surface area contributed by atoms with Crippen molar-refractivity contribution in [2.45, 2.75) is 37.5 Å². The Labute approximate surface area is 69.0 Å². The molecule has 0 N–H and O–H groups in total. The van der Waals surface area contributed by atoms with Crippen LogP contribution in [0, 0.1) is 11.3 Å². The highest BCUT2D eigenvalue weighted by molar-refractivity contribution is 7.81. The summed E-state index contributed by atoms with van der Waals surface area (Å²) < 4.78 is 16.8. The van der Waals surface area contributed by atoms with Crippen LogP contribution in [0.5, 0.6) is 0 Å². The van der Waals surface area contributed by atoms with E-state index in [9.17, 15) is 4.21 Å². The Kier molecular flexibility index (Phi) is 1.03. The van der Waals surface area contributed by atoms with Crippen molar-refractivity contribution in [3.05, 3.63) is 0 Å². The van der Waals surface area contributed by atoms with Gasteiger partial charge >= 0.3 is 0 Å². The fourth-order valence-corrected chi connectivity index (χ4v) is 4.91. The molecule has 1 aliphatic heterocycles. The van der Waals surface area contributed by atoms with Crippen molar-refractivity contribution in [3.63, 3.8) is 0 Å². The largest absolute Gasteiger partial charge is 0.286 e. The zero-order valence-corrected chi connectivity index (χ0v) is 7.39. The lowest BCUT2D eigenvalue weighted by Crippen LogP contribution is -2.31. The molecule has 2 aliphatic carbocycles. The monoisotopic (exact) mass is 172 g/mol. The Morgan fingerprint density at radius 1 is 1.55 bits per heavy atom. The summed E-state index contributed by atoms with van der Waals surface area (Å²) in [6.07, 6.45) is 3.90. The molecule has 0 amide bonds. The minimum Gasteiger partial charge on any atom is -0.286 e. The minimum atomic E-state index is -0.956. The third-order valence-electron chi connectivity index (χ3n) is 3.74. The van der Waals surface area contributed by atoms with Crippen LogP contribution in [0.3, 0.4) is 0 Å². The first-order valence-corrected chi connectivity index (χ1v) is 5.41. The molecule has 2 bridgehead atoms. The van der Waals surface area contributed by atoms with Crippen LogP contribution in [0.4, 0.5) is 0 Å². The standard InChI is InChI=1S/C8H12O2S/c1-8-4-5-2-6(8)10-11(9)7(8)3-5/h5-7H,2-4H2,1H3. The van der Waals surface area contributed by atoms with Crippen LogP contribution < -0.4 is 0 Å². The van der Waals surface area contributed by atoms with Gasteiger partial charge in [-0.2, -0.15) is 0 Å². The van der Waals surface area contributed by atoms with E-state index in [-0.39, 0.29) is 5.41 Å². The predicted molar refractivity (Wildman–Crippen MR) is 42.3 cm³/mol. The van der Waals surface area contributed by atoms with E-state index in [1.807, 2.05) is 0 Å². The second-order valence-corrected chi connectivity index (χ2v) is 5.66. The molecule has 3 heteroatoms. The summed E-state index contributed by atoms with van der Waals surface area (Å²) in [7, 11) is 0. The van der Waals surface area contributed by atoms with E-state index in [0.29, 0.717) is 11.4 Å². The summed E-state index contributed by atoms with van der Waals surface area (Å²) in [5, 5.41) is 0.367. The predicted octanol–water partition coefficient (Wildman–Crippen LogP) is 1.24. The Morgan fingerprint density at radius 3 is 2.91 bits per heavy atom. The molecular formula is C8H12O2S. The molecule has 11 heavy (non-hydrogen) atoms. The Morgan fingerprint density at radius 2 is 2.36 bits per heavy atom. The molecule has 0 aromatic heterocycles. The SMILES string of the molecule is CC12CC3CC1OS(=O)C2C3. The Bertz CT molecular complexity index is 240. The molecule has 3 rings (SSSR count). The third-order valence-corrected chi connectivity index (χ3v) is 5.36. The maximum absolute atomic E-state index is 11.4. The molecule has 0 spiro atoms. The lowest BCUT2D eigenvalue weighted by atomic mass is 9.84. The normalized spacial score (nSPS) is 65.9. The lowest BCUT2D eigenvalue weighted by Gasteiger charge is -2.24. The Balaban J connectivity index is 2.12. The van der Waals surface area contributed by atoms with Crippen LogP contribution >= 0.6 is 0 Å². The molecule has 5 atom stereocenters. The molecule has 3 aliphatic rings. The minimum absolute atomic E-state index is 0.287. The molecule has 0 aromatic rings. The van der Waals surface area contributed by atoms with Crippen molar-refractivity contribution < 1.29 is 8.39 Å². The highest BCUT2D eigenvalue weighted by Crippen LogP contribution is 2.61. The van der Waals surface area contributed by atoms with Crippen LogP contribution in [0.1, 0.15) is 26.2 Å². The van der Waals surface area contributed by atoms with E-state index in [0.717, 1.165) is 12.3 Å². The molecule has 62 valence electrons. The van der Waals surface area contributed by atoms with Crippen molar-refractivity contribution >= 4 is 11.1 Å². The van der Waals surface area contributed by atoms with Crippen LogP contribution in [-0.2, 0) is 15.3 Å². The second-order valence-electron chi connectivity index (χ2n) is 4.38. The quantitative estimate of drug-likeness (QED) is 0.549. The number of fused-ring (bicyclic) bond motifs is 1. The topological polar surface area (TPSA) is 26.3 Å². The molecule has 0 aromatic carbocycles. The Hall–Kier alpha value is 0.110. The molecular weight excluding hydrogens is 160 g/mol. The zero-order valence-electron chi connectivity index (χ0n) is 6.58. The van der Waals surface area contributed by atoms with Gasteiger partial charge in [-0.1, -0.05) is 6.92 Å². The van der Waals surface area contributed by atoms with Gasteiger partial charge in [-0.05, 0) is 25.2 Å². The van der Waals surface area contributed by atoms with Crippen LogP contribution in [0.25, 0.3) is 0 Å². The van der Waals surface area contributed by atoms with Crippen molar-refractivity contribution in [2.24, 2.45) is 11.3 Å². The second kappa shape index (κ2) is 1.72. The van der Waals surface area contributed by atoms with Gasteiger partial charge in [-0.3, -0.25) is 4.18 Å². The molecule has 5 unspecified atom stereocenters. The average molecular weight is 172 g/mol. The first-order chi connectivity index (χ1) is 5.20. The summed E-state index contributed by atoms with van der Waals surface area (Å²) in [5.74, 6) is 0.821. The maximum Gasteiger partial charge on any atom is 0.159 e. The molecule has 3 fully saturated rings. The van der Waals surface area contributed by atoms with Gasteiger partial charge in [0.2, 0.25) is 0 Å². The van der Waals surface area contributed by atoms with E-state index >= 15 is 0 Å². The summed E-state index contributed by atoms with van der Waals surface area (Å²) >= 11 is -0.956. The van der Waals surface area contributed by atoms with Gasteiger partial charge < -0.3 is 0 Å². The van der Waals surface area contributed by atoms with Gasteiger partial charge in [0.05, 0.1) is 11.4 Å². The lowest BCUT2D eigenvalue weighted by molar-refractivity contribution is 0.137. The van der Waals surface area contributed by atoms with Crippen molar-refractivity contribution in [2.75, 3.05) is 0 Å². The van der Waals surface area contributed by atoms with Crippen molar-refractivity contribution in [3.8, 4) is 0 Å². The van der Waals surface area contributed by atoms with Gasteiger partial charge in [0.1, 0.15) is 0 Å². The van der Waals surface area contributed by atoms with E-state index in [2.05, 4.69) is 6.92 Å². The zero-order chi connectivity index (χ0) is 7.64. The first kappa shape index (κ1) is 6.61. The summed E-state index contributed by atoms with van der Waals surface area (Å²) in [6.45, 7) is 2.25. The average Bonchev–Trinajstić information content (AvgIpc) is 2.39. The van der Waals surface area contributed by atoms with Crippen LogP contribution in [0.2, 0.25) is 0 Å². The van der Waals surface area contributed by atoms with Gasteiger partial charge in [-0.15, -0.1) is 0 Å². The summed E-state index contributed by atoms with van der Waals surface area (Å²) in [4.78, 5) is 0. The van der Waals surface area contributed by atoms with Crippen molar-refractivity contribution in [1.29, 1.82) is 0 Å².